The van der Waals surface area contributed by atoms with Crippen molar-refractivity contribution in [3.8, 4) is 0 Å². The second-order valence-corrected chi connectivity index (χ2v) is 9.82. The maximum Gasteiger partial charge on any atom is 0.336 e. The molecular weight excluding hydrogens is 436 g/mol. The number of nitrogens with one attached hydrogen (secondary N) is 1. The van der Waals surface area contributed by atoms with Crippen molar-refractivity contribution in [1.82, 2.24) is 5.32 Å². The molecule has 0 spiro atoms. The molecule has 6 nitrogen and oxygen atoms in total. The third kappa shape index (κ3) is 5.70. The van der Waals surface area contributed by atoms with Gasteiger partial charge in [0, 0.05) is 35.0 Å². The van der Waals surface area contributed by atoms with E-state index in [1.165, 1.54) is 0 Å². The van der Waals surface area contributed by atoms with Crippen LogP contribution >= 0.6 is 11.8 Å². The van der Waals surface area contributed by atoms with Crippen molar-refractivity contribution in [3.05, 3.63) is 52.4 Å². The summed E-state index contributed by atoms with van der Waals surface area (Å²) in [4.78, 5) is 27.9. The monoisotopic (exact) mass is 472 g/mol. The molecule has 0 aromatic heterocycles. The Morgan fingerprint density at radius 3 is 2.61 bits per heavy atom. The molecule has 0 fully saturated rings. The van der Waals surface area contributed by atoms with E-state index < -0.39 is 11.9 Å². The SMILES string of the molecule is CCOC(=O)C1=C(COCCN)NC2=C(C(=O)CCC(C)(CC)C2)C1c1ccc(SC)cc1. The molecule has 1 aromatic rings. The van der Waals surface area contributed by atoms with Crippen LogP contribution in [0.25, 0.3) is 0 Å². The van der Waals surface area contributed by atoms with Gasteiger partial charge in [0.2, 0.25) is 0 Å². The van der Waals surface area contributed by atoms with Crippen LogP contribution in [0, 0.1) is 5.41 Å². The van der Waals surface area contributed by atoms with Gasteiger partial charge in [0.05, 0.1) is 31.1 Å². The van der Waals surface area contributed by atoms with E-state index in [2.05, 4.69) is 19.2 Å². The Morgan fingerprint density at radius 1 is 1.27 bits per heavy atom. The maximum atomic E-state index is 13.5. The highest BCUT2D eigenvalue weighted by molar-refractivity contribution is 7.98. The summed E-state index contributed by atoms with van der Waals surface area (Å²) in [6.07, 6.45) is 5.04. The zero-order valence-electron chi connectivity index (χ0n) is 20.2. The highest BCUT2D eigenvalue weighted by Crippen LogP contribution is 2.46. The molecule has 0 amide bonds. The van der Waals surface area contributed by atoms with Crippen LogP contribution in [0.4, 0.5) is 0 Å². The van der Waals surface area contributed by atoms with E-state index in [1.54, 1.807) is 18.7 Å². The molecule has 2 atom stereocenters. The Morgan fingerprint density at radius 2 is 2.00 bits per heavy atom. The maximum absolute atomic E-state index is 13.5. The van der Waals surface area contributed by atoms with Gasteiger partial charge in [-0.3, -0.25) is 4.79 Å². The number of hydrogen-bond acceptors (Lipinski definition) is 7. The Bertz CT molecular complexity index is 938. The molecule has 33 heavy (non-hydrogen) atoms. The van der Waals surface area contributed by atoms with Crippen molar-refractivity contribution in [2.45, 2.75) is 57.3 Å². The summed E-state index contributed by atoms with van der Waals surface area (Å²) in [5, 5.41) is 3.45. The number of rotatable bonds is 9. The smallest absolute Gasteiger partial charge is 0.336 e. The summed E-state index contributed by atoms with van der Waals surface area (Å²) in [7, 11) is 0. The van der Waals surface area contributed by atoms with Gasteiger partial charge in [0.1, 0.15) is 0 Å². The van der Waals surface area contributed by atoms with Gasteiger partial charge in [-0.15, -0.1) is 11.8 Å². The van der Waals surface area contributed by atoms with Crippen LogP contribution in [0.5, 0.6) is 0 Å². The first-order valence-corrected chi connectivity index (χ1v) is 12.9. The van der Waals surface area contributed by atoms with E-state index in [0.717, 1.165) is 35.4 Å². The second-order valence-electron chi connectivity index (χ2n) is 8.94. The third-order valence-corrected chi connectivity index (χ3v) is 7.44. The summed E-state index contributed by atoms with van der Waals surface area (Å²) in [6.45, 7) is 7.42. The fourth-order valence-corrected chi connectivity index (χ4v) is 5.00. The van der Waals surface area contributed by atoms with Crippen molar-refractivity contribution in [1.29, 1.82) is 0 Å². The summed E-state index contributed by atoms with van der Waals surface area (Å²) >= 11 is 1.66. The average Bonchev–Trinajstić information content (AvgIpc) is 2.94. The number of hydrogen-bond donors (Lipinski definition) is 2. The van der Waals surface area contributed by atoms with Gasteiger partial charge >= 0.3 is 5.97 Å². The largest absolute Gasteiger partial charge is 0.463 e. The first-order valence-electron chi connectivity index (χ1n) is 11.7. The van der Waals surface area contributed by atoms with E-state index in [0.29, 0.717) is 36.4 Å². The van der Waals surface area contributed by atoms with E-state index in [4.69, 9.17) is 15.2 Å². The average molecular weight is 473 g/mol. The Labute approximate surface area is 201 Å². The lowest BCUT2D eigenvalue weighted by molar-refractivity contribution is -0.138. The molecule has 0 radical (unpaired) electrons. The molecule has 7 heteroatoms. The zero-order valence-corrected chi connectivity index (χ0v) is 21.0. The second kappa shape index (κ2) is 11.4. The molecule has 1 aromatic carbocycles. The lowest BCUT2D eigenvalue weighted by Crippen LogP contribution is -2.35. The summed E-state index contributed by atoms with van der Waals surface area (Å²) in [6, 6.07) is 8.10. The number of ketones is 1. The lowest BCUT2D eigenvalue weighted by Gasteiger charge is -2.34. The molecule has 1 heterocycles. The van der Waals surface area contributed by atoms with Gasteiger partial charge in [-0.1, -0.05) is 32.4 Å². The van der Waals surface area contributed by atoms with E-state index in [1.807, 2.05) is 30.5 Å². The first kappa shape index (κ1) is 25.5. The van der Waals surface area contributed by atoms with Crippen LogP contribution in [0.1, 0.15) is 57.9 Å². The minimum Gasteiger partial charge on any atom is -0.463 e. The Kier molecular flexibility index (Phi) is 8.79. The third-order valence-electron chi connectivity index (χ3n) is 6.70. The number of esters is 1. The summed E-state index contributed by atoms with van der Waals surface area (Å²) in [5.41, 5.74) is 9.25. The highest BCUT2D eigenvalue weighted by Gasteiger charge is 2.42. The van der Waals surface area contributed by atoms with Crippen LogP contribution in [-0.2, 0) is 19.1 Å². The number of carbonyl (C=O) groups is 2. The van der Waals surface area contributed by atoms with Crippen molar-refractivity contribution in [2.75, 3.05) is 32.6 Å². The van der Waals surface area contributed by atoms with Crippen molar-refractivity contribution in [3.63, 3.8) is 0 Å². The number of carbonyl (C=O) groups excluding carboxylic acids is 2. The van der Waals surface area contributed by atoms with Gasteiger partial charge in [0.15, 0.2) is 5.78 Å². The van der Waals surface area contributed by atoms with Crippen LogP contribution in [0.3, 0.4) is 0 Å². The minimum absolute atomic E-state index is 0.0116. The number of benzene rings is 1. The van der Waals surface area contributed by atoms with E-state index in [-0.39, 0.29) is 24.4 Å². The normalized spacial score (nSPS) is 23.2. The molecule has 3 rings (SSSR count). The molecule has 3 N–H and O–H groups in total. The number of dihydropyridines is 1. The van der Waals surface area contributed by atoms with Crippen LogP contribution in [0.15, 0.2) is 51.7 Å². The van der Waals surface area contributed by atoms with E-state index >= 15 is 0 Å². The first-order chi connectivity index (χ1) is 15.9. The molecule has 2 aliphatic rings. The fraction of sp³-hybridized carbons (Fsp3) is 0.538. The van der Waals surface area contributed by atoms with Gasteiger partial charge in [-0.2, -0.15) is 0 Å². The van der Waals surface area contributed by atoms with Gasteiger partial charge in [-0.25, -0.2) is 4.79 Å². The van der Waals surface area contributed by atoms with Crippen LogP contribution < -0.4 is 11.1 Å². The Balaban J connectivity index is 2.19. The molecule has 0 saturated heterocycles. The number of allylic oxidation sites excluding steroid dienone is 2. The van der Waals surface area contributed by atoms with Gasteiger partial charge < -0.3 is 20.5 Å². The van der Waals surface area contributed by atoms with Gasteiger partial charge in [-0.05, 0) is 49.1 Å². The van der Waals surface area contributed by atoms with Gasteiger partial charge in [0.25, 0.3) is 0 Å². The standard InChI is InChI=1S/C26H36N2O4S/c1-5-26(3)12-11-21(29)23-19(15-26)28-20(16-31-14-13-27)24(25(30)32-6-2)22(23)17-7-9-18(33-4)10-8-17/h7-10,22,28H,5-6,11-16,27H2,1-4H3. The predicted molar refractivity (Wildman–Crippen MR) is 132 cm³/mol. The predicted octanol–water partition coefficient (Wildman–Crippen LogP) is 4.31. The van der Waals surface area contributed by atoms with Crippen molar-refractivity contribution >= 4 is 23.5 Å². The molecule has 180 valence electrons. The van der Waals surface area contributed by atoms with Crippen molar-refractivity contribution in [2.24, 2.45) is 11.1 Å². The quantitative estimate of drug-likeness (QED) is 0.314. The molecular formula is C26H36N2O4S. The van der Waals surface area contributed by atoms with Crippen LogP contribution in [0.2, 0.25) is 0 Å². The number of thioether (sulfide) groups is 1. The lowest BCUT2D eigenvalue weighted by atomic mass is 9.77. The summed E-state index contributed by atoms with van der Waals surface area (Å²) < 4.78 is 11.2. The molecule has 0 saturated carbocycles. The van der Waals surface area contributed by atoms with Crippen LogP contribution in [-0.4, -0.2) is 44.4 Å². The molecule has 1 aliphatic heterocycles. The number of nitrogens with two attached hydrogens (primary N) is 1. The zero-order chi connectivity index (χ0) is 24.0. The van der Waals surface area contributed by atoms with Crippen molar-refractivity contribution < 1.29 is 19.1 Å². The topological polar surface area (TPSA) is 90.7 Å². The Hall–Kier alpha value is -2.09. The highest BCUT2D eigenvalue weighted by atomic mass is 32.2. The minimum atomic E-state index is -0.487. The number of Topliss-reactive ketones (excluding diaryl/α,β-unsaturated/α-hetero) is 1. The number of ether oxygens (including phenoxy) is 2. The molecule has 1 aliphatic carbocycles. The molecule has 0 bridgehead atoms. The van der Waals surface area contributed by atoms with E-state index in [9.17, 15) is 9.59 Å². The molecule has 2 unspecified atom stereocenters. The summed E-state index contributed by atoms with van der Waals surface area (Å²) in [5.74, 6) is -0.811. The fourth-order valence-electron chi connectivity index (χ4n) is 4.60.